The van der Waals surface area contributed by atoms with E-state index in [0.29, 0.717) is 9.92 Å². The number of halogens is 2. The van der Waals surface area contributed by atoms with E-state index >= 15 is 0 Å². The number of aromatic carboxylic acids is 1. The SMILES string of the molecule is Nc1cc(F)c(Sc2ccccc2Cl)cc1C(=O)O. The first-order valence-electron chi connectivity index (χ1n) is 5.23. The highest BCUT2D eigenvalue weighted by Crippen LogP contribution is 2.36. The minimum Gasteiger partial charge on any atom is -0.478 e. The highest BCUT2D eigenvalue weighted by Gasteiger charge is 2.14. The molecule has 0 aliphatic rings. The molecule has 0 unspecified atom stereocenters. The van der Waals surface area contributed by atoms with Crippen molar-refractivity contribution >= 4 is 35.0 Å². The molecule has 3 nitrogen and oxygen atoms in total. The standard InChI is InChI=1S/C13H9ClFNO2S/c14-8-3-1-2-4-11(8)19-12-5-7(13(17)18)10(16)6-9(12)15/h1-6H,16H2,(H,17,18). The minimum atomic E-state index is -1.20. The van der Waals surface area contributed by atoms with Crippen molar-refractivity contribution in [1.82, 2.24) is 0 Å². The molecule has 2 rings (SSSR count). The van der Waals surface area contributed by atoms with Gasteiger partial charge in [0.05, 0.1) is 10.6 Å². The monoisotopic (exact) mass is 297 g/mol. The predicted octanol–water partition coefficient (Wildman–Crippen LogP) is 3.91. The summed E-state index contributed by atoms with van der Waals surface area (Å²) in [4.78, 5) is 11.8. The van der Waals surface area contributed by atoms with Gasteiger partial charge >= 0.3 is 5.97 Å². The fraction of sp³-hybridized carbons (Fsp3) is 0. The van der Waals surface area contributed by atoms with Crippen molar-refractivity contribution in [2.24, 2.45) is 0 Å². The zero-order chi connectivity index (χ0) is 14.0. The molecule has 0 spiro atoms. The summed E-state index contributed by atoms with van der Waals surface area (Å²) >= 11 is 7.03. The number of hydrogen-bond acceptors (Lipinski definition) is 3. The van der Waals surface area contributed by atoms with E-state index in [1.807, 2.05) is 0 Å². The van der Waals surface area contributed by atoms with Crippen LogP contribution in [-0.4, -0.2) is 11.1 Å². The van der Waals surface area contributed by atoms with Crippen molar-refractivity contribution in [2.75, 3.05) is 5.73 Å². The Labute approximate surface area is 118 Å². The van der Waals surface area contributed by atoms with Crippen LogP contribution in [0.2, 0.25) is 5.02 Å². The van der Waals surface area contributed by atoms with E-state index in [-0.39, 0.29) is 16.1 Å². The molecule has 0 saturated heterocycles. The highest BCUT2D eigenvalue weighted by atomic mass is 35.5. The Kier molecular flexibility index (Phi) is 3.97. The first-order chi connectivity index (χ1) is 8.99. The quantitative estimate of drug-likeness (QED) is 0.843. The zero-order valence-electron chi connectivity index (χ0n) is 9.56. The Morgan fingerprint density at radius 1 is 1.26 bits per heavy atom. The molecular weight excluding hydrogens is 289 g/mol. The Morgan fingerprint density at radius 2 is 1.95 bits per heavy atom. The maximum Gasteiger partial charge on any atom is 0.337 e. The Hall–Kier alpha value is -1.72. The second-order valence-corrected chi connectivity index (χ2v) is 5.20. The van der Waals surface area contributed by atoms with Gasteiger partial charge in [0.1, 0.15) is 5.82 Å². The lowest BCUT2D eigenvalue weighted by atomic mass is 10.2. The van der Waals surface area contributed by atoms with Crippen LogP contribution < -0.4 is 5.73 Å². The van der Waals surface area contributed by atoms with Gasteiger partial charge in [-0.05, 0) is 24.3 Å². The van der Waals surface area contributed by atoms with Gasteiger partial charge in [-0.25, -0.2) is 9.18 Å². The lowest BCUT2D eigenvalue weighted by Gasteiger charge is -2.08. The van der Waals surface area contributed by atoms with Crippen LogP contribution in [0.5, 0.6) is 0 Å². The molecule has 0 heterocycles. The van der Waals surface area contributed by atoms with E-state index in [0.717, 1.165) is 17.8 Å². The van der Waals surface area contributed by atoms with Gasteiger partial charge < -0.3 is 10.8 Å². The molecular formula is C13H9ClFNO2S. The van der Waals surface area contributed by atoms with Crippen LogP contribution in [0.1, 0.15) is 10.4 Å². The summed E-state index contributed by atoms with van der Waals surface area (Å²) in [5.41, 5.74) is 5.23. The largest absolute Gasteiger partial charge is 0.478 e. The zero-order valence-corrected chi connectivity index (χ0v) is 11.1. The minimum absolute atomic E-state index is 0.103. The summed E-state index contributed by atoms with van der Waals surface area (Å²) in [6.45, 7) is 0. The lowest BCUT2D eigenvalue weighted by Crippen LogP contribution is -2.03. The molecule has 98 valence electrons. The molecule has 0 saturated carbocycles. The summed E-state index contributed by atoms with van der Waals surface area (Å²) in [6.07, 6.45) is 0. The fourth-order valence-corrected chi connectivity index (χ4v) is 2.61. The van der Waals surface area contributed by atoms with Crippen molar-refractivity contribution < 1.29 is 14.3 Å². The van der Waals surface area contributed by atoms with E-state index < -0.39 is 11.8 Å². The number of nitrogen functional groups attached to an aromatic ring is 1. The number of nitrogens with two attached hydrogens (primary N) is 1. The molecule has 0 fully saturated rings. The summed E-state index contributed by atoms with van der Waals surface area (Å²) in [6, 6.07) is 9.14. The molecule has 0 amide bonds. The van der Waals surface area contributed by atoms with Crippen LogP contribution in [0.25, 0.3) is 0 Å². The second-order valence-electron chi connectivity index (χ2n) is 3.71. The average molecular weight is 298 g/mol. The number of carboxylic acid groups (broad SMARTS) is 1. The molecule has 19 heavy (non-hydrogen) atoms. The second kappa shape index (κ2) is 5.50. The van der Waals surface area contributed by atoms with Crippen molar-refractivity contribution in [3.63, 3.8) is 0 Å². The Balaban J connectivity index is 2.43. The lowest BCUT2D eigenvalue weighted by molar-refractivity contribution is 0.0697. The van der Waals surface area contributed by atoms with Crippen molar-refractivity contribution in [3.8, 4) is 0 Å². The van der Waals surface area contributed by atoms with Gasteiger partial charge in [0, 0.05) is 15.5 Å². The molecule has 3 N–H and O–H groups in total. The predicted molar refractivity (Wildman–Crippen MR) is 73.3 cm³/mol. The third-order valence-corrected chi connectivity index (χ3v) is 3.94. The summed E-state index contributed by atoms with van der Waals surface area (Å²) in [5, 5.41) is 9.44. The normalized spacial score (nSPS) is 10.4. The molecule has 2 aromatic rings. The number of hydrogen-bond donors (Lipinski definition) is 2. The number of benzene rings is 2. The molecule has 0 bridgehead atoms. The molecule has 0 radical (unpaired) electrons. The number of carboxylic acids is 1. The first kappa shape index (κ1) is 13.7. The summed E-state index contributed by atoms with van der Waals surface area (Å²) in [5.74, 6) is -1.77. The van der Waals surface area contributed by atoms with Crippen LogP contribution in [0.4, 0.5) is 10.1 Å². The van der Waals surface area contributed by atoms with Gasteiger partial charge in [-0.3, -0.25) is 0 Å². The van der Waals surface area contributed by atoms with Gasteiger partial charge in [0.2, 0.25) is 0 Å². The van der Waals surface area contributed by atoms with Crippen LogP contribution in [-0.2, 0) is 0 Å². The molecule has 0 aromatic heterocycles. The van der Waals surface area contributed by atoms with Gasteiger partial charge in [0.25, 0.3) is 0 Å². The summed E-state index contributed by atoms with van der Waals surface area (Å²) in [7, 11) is 0. The maximum atomic E-state index is 13.8. The molecule has 0 atom stereocenters. The molecule has 0 aliphatic heterocycles. The van der Waals surface area contributed by atoms with Gasteiger partial charge in [-0.2, -0.15) is 0 Å². The van der Waals surface area contributed by atoms with E-state index in [2.05, 4.69) is 0 Å². The Morgan fingerprint density at radius 3 is 2.58 bits per heavy atom. The number of carbonyl (C=O) groups is 1. The first-order valence-corrected chi connectivity index (χ1v) is 6.43. The van der Waals surface area contributed by atoms with Gasteiger partial charge in [-0.1, -0.05) is 35.5 Å². The summed E-state index contributed by atoms with van der Waals surface area (Å²) < 4.78 is 13.8. The van der Waals surface area contributed by atoms with E-state index in [4.69, 9.17) is 22.4 Å². The van der Waals surface area contributed by atoms with Crippen molar-refractivity contribution in [3.05, 3.63) is 52.8 Å². The van der Waals surface area contributed by atoms with E-state index in [9.17, 15) is 9.18 Å². The fourth-order valence-electron chi connectivity index (χ4n) is 1.48. The topological polar surface area (TPSA) is 63.3 Å². The van der Waals surface area contributed by atoms with Crippen LogP contribution in [0.15, 0.2) is 46.2 Å². The molecule has 6 heteroatoms. The van der Waals surface area contributed by atoms with Gasteiger partial charge in [0.15, 0.2) is 0 Å². The van der Waals surface area contributed by atoms with Gasteiger partial charge in [-0.15, -0.1) is 0 Å². The Bertz CT molecular complexity index is 649. The average Bonchev–Trinajstić information content (AvgIpc) is 2.34. The smallest absolute Gasteiger partial charge is 0.337 e. The number of rotatable bonds is 3. The van der Waals surface area contributed by atoms with E-state index in [1.54, 1.807) is 24.3 Å². The van der Waals surface area contributed by atoms with Crippen molar-refractivity contribution in [1.29, 1.82) is 0 Å². The van der Waals surface area contributed by atoms with E-state index in [1.165, 1.54) is 6.07 Å². The maximum absolute atomic E-state index is 13.8. The van der Waals surface area contributed by atoms with Crippen LogP contribution in [0, 0.1) is 5.82 Å². The highest BCUT2D eigenvalue weighted by molar-refractivity contribution is 7.99. The van der Waals surface area contributed by atoms with Crippen LogP contribution >= 0.6 is 23.4 Å². The molecule has 2 aromatic carbocycles. The van der Waals surface area contributed by atoms with Crippen LogP contribution in [0.3, 0.4) is 0 Å². The number of anilines is 1. The third-order valence-electron chi connectivity index (χ3n) is 2.39. The molecule has 0 aliphatic carbocycles. The van der Waals surface area contributed by atoms with Crippen molar-refractivity contribution in [2.45, 2.75) is 9.79 Å². The third kappa shape index (κ3) is 3.00.